The molecular formula is C23H23N5O3. The number of nitrogens with one attached hydrogen (secondary N) is 1. The first-order valence-corrected chi connectivity index (χ1v) is 9.98. The van der Waals surface area contributed by atoms with Crippen LogP contribution in [0.1, 0.15) is 33.9 Å². The van der Waals surface area contributed by atoms with E-state index in [2.05, 4.69) is 16.5 Å². The summed E-state index contributed by atoms with van der Waals surface area (Å²) in [7, 11) is 1.54. The third-order valence-electron chi connectivity index (χ3n) is 5.34. The molecular weight excluding hydrogens is 394 g/mol. The van der Waals surface area contributed by atoms with E-state index in [4.69, 9.17) is 15.2 Å². The van der Waals surface area contributed by atoms with E-state index in [1.807, 2.05) is 30.3 Å². The van der Waals surface area contributed by atoms with Gasteiger partial charge in [0.2, 0.25) is 0 Å². The zero-order valence-electron chi connectivity index (χ0n) is 17.2. The van der Waals surface area contributed by atoms with Crippen molar-refractivity contribution >= 4 is 11.7 Å². The van der Waals surface area contributed by atoms with Crippen LogP contribution in [0.25, 0.3) is 11.3 Å². The highest BCUT2D eigenvalue weighted by molar-refractivity contribution is 5.96. The van der Waals surface area contributed by atoms with Crippen LogP contribution in [0, 0.1) is 11.3 Å². The Morgan fingerprint density at radius 2 is 2.10 bits per heavy atom. The van der Waals surface area contributed by atoms with E-state index in [0.29, 0.717) is 48.1 Å². The molecule has 1 fully saturated rings. The monoisotopic (exact) mass is 417 g/mol. The van der Waals surface area contributed by atoms with Crippen molar-refractivity contribution < 1.29 is 14.3 Å². The Morgan fingerprint density at radius 1 is 1.32 bits per heavy atom. The predicted molar refractivity (Wildman–Crippen MR) is 115 cm³/mol. The predicted octanol–water partition coefficient (Wildman–Crippen LogP) is 2.90. The van der Waals surface area contributed by atoms with Crippen molar-refractivity contribution in [2.45, 2.75) is 19.0 Å². The number of anilines is 1. The van der Waals surface area contributed by atoms with Crippen molar-refractivity contribution in [2.24, 2.45) is 0 Å². The van der Waals surface area contributed by atoms with E-state index < -0.39 is 0 Å². The molecule has 0 aliphatic carbocycles. The Morgan fingerprint density at radius 3 is 2.77 bits per heavy atom. The molecule has 3 N–H and O–H groups in total. The van der Waals surface area contributed by atoms with Crippen LogP contribution in [0.15, 0.2) is 48.5 Å². The largest absolute Gasteiger partial charge is 0.496 e. The molecule has 4 rings (SSSR count). The first-order chi connectivity index (χ1) is 15.1. The number of methoxy groups -OCH3 is 1. The molecule has 0 unspecified atom stereocenters. The molecule has 0 spiro atoms. The number of ether oxygens (including phenoxy) is 2. The summed E-state index contributed by atoms with van der Waals surface area (Å²) >= 11 is 0. The van der Waals surface area contributed by atoms with Gasteiger partial charge in [-0.25, -0.2) is 4.68 Å². The van der Waals surface area contributed by atoms with E-state index in [9.17, 15) is 10.1 Å². The van der Waals surface area contributed by atoms with Gasteiger partial charge in [0, 0.05) is 18.7 Å². The minimum absolute atomic E-state index is 0.0466. The maximum Gasteiger partial charge on any atom is 0.255 e. The third-order valence-corrected chi connectivity index (χ3v) is 5.34. The second-order valence-corrected chi connectivity index (χ2v) is 7.26. The Hall–Kier alpha value is -3.83. The number of nitriles is 1. The van der Waals surface area contributed by atoms with Crippen molar-refractivity contribution in [3.8, 4) is 23.1 Å². The molecule has 1 atom stereocenters. The summed E-state index contributed by atoms with van der Waals surface area (Å²) in [6.07, 6.45) is 0.820. The minimum Gasteiger partial charge on any atom is -0.496 e. The molecule has 1 aliphatic rings. The van der Waals surface area contributed by atoms with Crippen molar-refractivity contribution in [1.29, 1.82) is 5.26 Å². The summed E-state index contributed by atoms with van der Waals surface area (Å²) in [5.74, 6) is 0.681. The molecule has 2 aromatic carbocycles. The van der Waals surface area contributed by atoms with Crippen LogP contribution in [0.2, 0.25) is 0 Å². The molecule has 1 aromatic heterocycles. The molecule has 8 nitrogen and oxygen atoms in total. The molecule has 158 valence electrons. The number of nitrogens with zero attached hydrogens (tertiary/aromatic N) is 3. The summed E-state index contributed by atoms with van der Waals surface area (Å²) in [5.41, 5.74) is 9.30. The topological polar surface area (TPSA) is 115 Å². The van der Waals surface area contributed by atoms with Gasteiger partial charge in [-0.15, -0.1) is 0 Å². The fraction of sp³-hybridized carbons (Fsp3) is 0.261. The fourth-order valence-electron chi connectivity index (χ4n) is 3.64. The summed E-state index contributed by atoms with van der Waals surface area (Å²) in [6.45, 7) is 1.57. The number of rotatable bonds is 6. The van der Waals surface area contributed by atoms with Crippen molar-refractivity contribution in [2.75, 3.05) is 26.1 Å². The Balaban J connectivity index is 1.49. The Bertz CT molecular complexity index is 1130. The van der Waals surface area contributed by atoms with Crippen LogP contribution in [-0.4, -0.2) is 36.0 Å². The normalized spacial score (nSPS) is 15.4. The molecule has 31 heavy (non-hydrogen) atoms. The molecule has 1 saturated heterocycles. The number of carbonyl (C=O) groups is 1. The second kappa shape index (κ2) is 8.90. The zero-order chi connectivity index (χ0) is 21.8. The van der Waals surface area contributed by atoms with Gasteiger partial charge < -0.3 is 20.5 Å². The van der Waals surface area contributed by atoms with Crippen LogP contribution in [-0.2, 0) is 11.3 Å². The lowest BCUT2D eigenvalue weighted by molar-refractivity contribution is 0.0948. The number of benzene rings is 2. The number of hydrogen-bond donors (Lipinski definition) is 2. The molecule has 1 aliphatic heterocycles. The second-order valence-electron chi connectivity index (χ2n) is 7.26. The van der Waals surface area contributed by atoms with Gasteiger partial charge in [0.25, 0.3) is 5.91 Å². The molecule has 0 saturated carbocycles. The number of amides is 1. The summed E-state index contributed by atoms with van der Waals surface area (Å²) < 4.78 is 12.4. The first-order valence-electron chi connectivity index (χ1n) is 9.98. The molecule has 8 heteroatoms. The van der Waals surface area contributed by atoms with Crippen LogP contribution in [0.4, 0.5) is 5.82 Å². The highest BCUT2D eigenvalue weighted by atomic mass is 16.5. The summed E-state index contributed by atoms with van der Waals surface area (Å²) in [5, 5.41) is 17.1. The quantitative estimate of drug-likeness (QED) is 0.637. The maximum absolute atomic E-state index is 12.5. The molecule has 2 heterocycles. The van der Waals surface area contributed by atoms with E-state index in [1.54, 1.807) is 22.9 Å². The average Bonchev–Trinajstić information content (AvgIpc) is 3.45. The van der Waals surface area contributed by atoms with Crippen LogP contribution in [0.5, 0.6) is 5.75 Å². The zero-order valence-corrected chi connectivity index (χ0v) is 17.2. The number of nitrogens with two attached hydrogens (primary N) is 1. The van der Waals surface area contributed by atoms with Crippen molar-refractivity contribution in [3.05, 3.63) is 65.2 Å². The highest BCUT2D eigenvalue weighted by Gasteiger charge is 2.25. The van der Waals surface area contributed by atoms with Gasteiger partial charge in [-0.3, -0.25) is 4.79 Å². The Kier molecular flexibility index (Phi) is 5.87. The van der Waals surface area contributed by atoms with Gasteiger partial charge in [0.05, 0.1) is 25.3 Å². The Labute approximate surface area is 180 Å². The van der Waals surface area contributed by atoms with Crippen LogP contribution >= 0.6 is 0 Å². The number of aromatic nitrogens is 2. The van der Waals surface area contributed by atoms with E-state index in [1.165, 1.54) is 7.11 Å². The number of carbonyl (C=O) groups excluding carboxylic acids is 1. The molecule has 1 amide bonds. The lowest BCUT2D eigenvalue weighted by atomic mass is 10.1. The van der Waals surface area contributed by atoms with Crippen molar-refractivity contribution in [3.63, 3.8) is 0 Å². The molecule has 0 bridgehead atoms. The van der Waals surface area contributed by atoms with E-state index in [0.717, 1.165) is 17.5 Å². The van der Waals surface area contributed by atoms with Gasteiger partial charge in [-0.2, -0.15) is 10.4 Å². The van der Waals surface area contributed by atoms with Gasteiger partial charge >= 0.3 is 0 Å². The average molecular weight is 417 g/mol. The highest BCUT2D eigenvalue weighted by Crippen LogP contribution is 2.31. The van der Waals surface area contributed by atoms with E-state index >= 15 is 0 Å². The smallest absolute Gasteiger partial charge is 0.255 e. The van der Waals surface area contributed by atoms with Gasteiger partial charge in [0.1, 0.15) is 28.9 Å². The van der Waals surface area contributed by atoms with E-state index in [-0.39, 0.29) is 11.9 Å². The standard InChI is InChI=1S/C23H23N5O3/c1-30-20-5-3-2-4-18(20)23(29)26-13-15-6-8-16(9-7-15)21-19(12-24)22(25)28(27-21)17-10-11-31-14-17/h2-9,17H,10-11,13-14,25H2,1H3,(H,26,29)/t17-/m0/s1. The first kappa shape index (κ1) is 20.4. The van der Waals surface area contributed by atoms with Crippen LogP contribution in [0.3, 0.4) is 0 Å². The fourth-order valence-corrected chi connectivity index (χ4v) is 3.64. The third kappa shape index (κ3) is 4.09. The summed E-state index contributed by atoms with van der Waals surface area (Å²) in [6, 6.07) is 16.8. The SMILES string of the molecule is COc1ccccc1C(=O)NCc1ccc(-c2nn([C@H]3CCOC3)c(N)c2C#N)cc1. The molecule has 3 aromatic rings. The minimum atomic E-state index is -0.210. The number of para-hydroxylation sites is 1. The molecule has 0 radical (unpaired) electrons. The van der Waals surface area contributed by atoms with Crippen molar-refractivity contribution in [1.82, 2.24) is 15.1 Å². The lowest BCUT2D eigenvalue weighted by Gasteiger charge is -2.10. The maximum atomic E-state index is 12.5. The number of hydrogen-bond acceptors (Lipinski definition) is 6. The lowest BCUT2D eigenvalue weighted by Crippen LogP contribution is -2.23. The number of nitrogen functional groups attached to an aromatic ring is 1. The van der Waals surface area contributed by atoms with Gasteiger partial charge in [0.15, 0.2) is 0 Å². The van der Waals surface area contributed by atoms with Crippen LogP contribution < -0.4 is 15.8 Å². The van der Waals surface area contributed by atoms with Gasteiger partial charge in [-0.05, 0) is 24.1 Å². The van der Waals surface area contributed by atoms with Gasteiger partial charge in [-0.1, -0.05) is 36.4 Å². The summed E-state index contributed by atoms with van der Waals surface area (Å²) in [4.78, 5) is 12.5.